The summed E-state index contributed by atoms with van der Waals surface area (Å²) in [6.45, 7) is 6.04. The highest BCUT2D eigenvalue weighted by Crippen LogP contribution is 2.32. The van der Waals surface area contributed by atoms with Gasteiger partial charge in [0.2, 0.25) is 5.91 Å². The van der Waals surface area contributed by atoms with Gasteiger partial charge in [-0.15, -0.1) is 0 Å². The van der Waals surface area contributed by atoms with Crippen molar-refractivity contribution >= 4 is 11.8 Å². The number of hydrogen-bond donors (Lipinski definition) is 0. The fourth-order valence-corrected chi connectivity index (χ4v) is 4.43. The van der Waals surface area contributed by atoms with Gasteiger partial charge >= 0.3 is 0 Å². The lowest BCUT2D eigenvalue weighted by atomic mass is 10.1. The SMILES string of the molecule is CCC(=O)N1CCN(C(=O)c2cc(-c3ccc(OC)cc3)n(-c3cccc(OC)c3)c2C)CC1. The molecule has 0 atom stereocenters. The summed E-state index contributed by atoms with van der Waals surface area (Å²) >= 11 is 0. The maximum atomic E-state index is 13.6. The second kappa shape index (κ2) is 10.0. The number of benzene rings is 2. The molecule has 0 radical (unpaired) electrons. The molecule has 1 aliphatic rings. The summed E-state index contributed by atoms with van der Waals surface area (Å²) in [5.41, 5.74) is 4.32. The standard InChI is InChI=1S/C27H31N3O4/c1-5-26(31)28-13-15-29(16-14-28)27(32)24-18-25(20-9-11-22(33-3)12-10-20)30(19(24)2)21-7-6-8-23(17-21)34-4/h6-12,17-18H,5,13-16H2,1-4H3. The van der Waals surface area contributed by atoms with E-state index in [-0.39, 0.29) is 11.8 Å². The number of nitrogens with zero attached hydrogens (tertiary/aromatic N) is 3. The summed E-state index contributed by atoms with van der Waals surface area (Å²) in [5.74, 6) is 1.64. The van der Waals surface area contributed by atoms with E-state index in [0.29, 0.717) is 38.2 Å². The summed E-state index contributed by atoms with van der Waals surface area (Å²) in [6.07, 6.45) is 0.488. The van der Waals surface area contributed by atoms with Crippen LogP contribution < -0.4 is 9.47 Å². The average Bonchev–Trinajstić information content (AvgIpc) is 3.24. The number of piperazine rings is 1. The Morgan fingerprint density at radius 3 is 2.12 bits per heavy atom. The van der Waals surface area contributed by atoms with Gasteiger partial charge in [0.25, 0.3) is 5.91 Å². The van der Waals surface area contributed by atoms with Gasteiger partial charge in [-0.3, -0.25) is 9.59 Å². The van der Waals surface area contributed by atoms with Gasteiger partial charge in [0.1, 0.15) is 11.5 Å². The van der Waals surface area contributed by atoms with Crippen LogP contribution in [-0.2, 0) is 4.79 Å². The second-order valence-corrected chi connectivity index (χ2v) is 8.32. The molecular formula is C27H31N3O4. The molecule has 178 valence electrons. The number of aromatic nitrogens is 1. The average molecular weight is 462 g/mol. The van der Waals surface area contributed by atoms with Crippen LogP contribution in [0.2, 0.25) is 0 Å². The van der Waals surface area contributed by atoms with E-state index >= 15 is 0 Å². The van der Waals surface area contributed by atoms with E-state index in [4.69, 9.17) is 9.47 Å². The molecule has 0 spiro atoms. The van der Waals surface area contributed by atoms with Crippen LogP contribution in [0.4, 0.5) is 0 Å². The van der Waals surface area contributed by atoms with E-state index in [9.17, 15) is 9.59 Å². The summed E-state index contributed by atoms with van der Waals surface area (Å²) in [4.78, 5) is 29.3. The largest absolute Gasteiger partial charge is 0.497 e. The highest BCUT2D eigenvalue weighted by atomic mass is 16.5. The van der Waals surface area contributed by atoms with Gasteiger partial charge in [0, 0.05) is 50.0 Å². The van der Waals surface area contributed by atoms with E-state index in [1.165, 1.54) is 0 Å². The zero-order chi connectivity index (χ0) is 24.2. The molecule has 1 aliphatic heterocycles. The lowest BCUT2D eigenvalue weighted by Crippen LogP contribution is -2.50. The Morgan fingerprint density at radius 2 is 1.50 bits per heavy atom. The minimum Gasteiger partial charge on any atom is -0.497 e. The maximum absolute atomic E-state index is 13.6. The number of rotatable bonds is 6. The maximum Gasteiger partial charge on any atom is 0.255 e. The summed E-state index contributed by atoms with van der Waals surface area (Å²) in [7, 11) is 3.28. The van der Waals surface area contributed by atoms with Crippen LogP contribution in [0.15, 0.2) is 54.6 Å². The van der Waals surface area contributed by atoms with Crippen LogP contribution >= 0.6 is 0 Å². The zero-order valence-electron chi connectivity index (χ0n) is 20.2. The first-order valence-corrected chi connectivity index (χ1v) is 11.5. The highest BCUT2D eigenvalue weighted by Gasteiger charge is 2.27. The first-order valence-electron chi connectivity index (χ1n) is 11.5. The van der Waals surface area contributed by atoms with Crippen molar-refractivity contribution in [3.8, 4) is 28.4 Å². The molecule has 3 aromatic rings. The third-order valence-corrected chi connectivity index (χ3v) is 6.40. The monoisotopic (exact) mass is 461 g/mol. The van der Waals surface area contributed by atoms with Gasteiger partial charge in [-0.05, 0) is 55.0 Å². The van der Waals surface area contributed by atoms with Gasteiger partial charge < -0.3 is 23.8 Å². The third kappa shape index (κ3) is 4.51. The van der Waals surface area contributed by atoms with Gasteiger partial charge in [-0.25, -0.2) is 0 Å². The molecule has 4 rings (SSSR count). The lowest BCUT2D eigenvalue weighted by Gasteiger charge is -2.34. The van der Waals surface area contributed by atoms with E-state index in [1.54, 1.807) is 14.2 Å². The Bertz CT molecular complexity index is 1180. The van der Waals surface area contributed by atoms with Crippen LogP contribution in [0.25, 0.3) is 16.9 Å². The molecular weight excluding hydrogens is 430 g/mol. The molecule has 0 bridgehead atoms. The second-order valence-electron chi connectivity index (χ2n) is 8.32. The van der Waals surface area contributed by atoms with Crippen molar-refractivity contribution in [3.63, 3.8) is 0 Å². The van der Waals surface area contributed by atoms with Crippen LogP contribution in [0.1, 0.15) is 29.4 Å². The summed E-state index contributed by atoms with van der Waals surface area (Å²) in [5, 5.41) is 0. The van der Waals surface area contributed by atoms with Crippen LogP contribution in [0.5, 0.6) is 11.5 Å². The molecule has 1 saturated heterocycles. The lowest BCUT2D eigenvalue weighted by molar-refractivity contribution is -0.132. The van der Waals surface area contributed by atoms with Crippen LogP contribution in [0, 0.1) is 6.92 Å². The smallest absolute Gasteiger partial charge is 0.255 e. The molecule has 0 N–H and O–H groups in total. The highest BCUT2D eigenvalue weighted by molar-refractivity contribution is 5.97. The molecule has 2 aromatic carbocycles. The first-order chi connectivity index (χ1) is 16.5. The number of ether oxygens (including phenoxy) is 2. The van der Waals surface area contributed by atoms with E-state index in [2.05, 4.69) is 4.57 Å². The molecule has 0 unspecified atom stereocenters. The quantitative estimate of drug-likeness (QED) is 0.553. The normalized spacial score (nSPS) is 13.6. The topological polar surface area (TPSA) is 64.0 Å². The predicted octanol–water partition coefficient (Wildman–Crippen LogP) is 4.16. The first kappa shape index (κ1) is 23.4. The third-order valence-electron chi connectivity index (χ3n) is 6.40. The molecule has 1 fully saturated rings. The van der Waals surface area contributed by atoms with Gasteiger partial charge in [0.15, 0.2) is 0 Å². The Hall–Kier alpha value is -3.74. The van der Waals surface area contributed by atoms with Crippen molar-refractivity contribution in [1.29, 1.82) is 0 Å². The number of carbonyl (C=O) groups excluding carboxylic acids is 2. The van der Waals surface area contributed by atoms with Crippen molar-refractivity contribution in [2.24, 2.45) is 0 Å². The molecule has 0 aliphatic carbocycles. The van der Waals surface area contributed by atoms with E-state index in [1.807, 2.05) is 78.2 Å². The Labute approximate surface area is 200 Å². The zero-order valence-corrected chi connectivity index (χ0v) is 20.2. The molecule has 34 heavy (non-hydrogen) atoms. The van der Waals surface area contributed by atoms with Crippen molar-refractivity contribution in [3.05, 3.63) is 65.9 Å². The number of carbonyl (C=O) groups is 2. The molecule has 1 aromatic heterocycles. The number of hydrogen-bond acceptors (Lipinski definition) is 4. The Kier molecular flexibility index (Phi) is 6.91. The minimum absolute atomic E-state index is 0.0162. The van der Waals surface area contributed by atoms with Crippen LogP contribution in [-0.4, -0.2) is 66.6 Å². The van der Waals surface area contributed by atoms with Crippen molar-refractivity contribution < 1.29 is 19.1 Å². The van der Waals surface area contributed by atoms with Crippen molar-refractivity contribution in [1.82, 2.24) is 14.4 Å². The van der Waals surface area contributed by atoms with Crippen LogP contribution in [0.3, 0.4) is 0 Å². The molecule has 2 amide bonds. The Morgan fingerprint density at radius 1 is 0.853 bits per heavy atom. The predicted molar refractivity (Wildman–Crippen MR) is 132 cm³/mol. The van der Waals surface area contributed by atoms with Crippen molar-refractivity contribution in [2.45, 2.75) is 20.3 Å². The van der Waals surface area contributed by atoms with Crippen molar-refractivity contribution in [2.75, 3.05) is 40.4 Å². The summed E-state index contributed by atoms with van der Waals surface area (Å²) < 4.78 is 12.9. The summed E-state index contributed by atoms with van der Waals surface area (Å²) in [6, 6.07) is 17.6. The molecule has 7 nitrogen and oxygen atoms in total. The van der Waals surface area contributed by atoms with E-state index in [0.717, 1.165) is 34.1 Å². The number of amides is 2. The van der Waals surface area contributed by atoms with Gasteiger partial charge in [0.05, 0.1) is 25.5 Å². The molecule has 0 saturated carbocycles. The van der Waals surface area contributed by atoms with E-state index < -0.39 is 0 Å². The fourth-order valence-electron chi connectivity index (χ4n) is 4.43. The molecule has 2 heterocycles. The fraction of sp³-hybridized carbons (Fsp3) is 0.333. The molecule has 7 heteroatoms. The number of methoxy groups -OCH3 is 2. The van der Waals surface area contributed by atoms with Gasteiger partial charge in [-0.1, -0.05) is 13.0 Å². The van der Waals surface area contributed by atoms with Gasteiger partial charge in [-0.2, -0.15) is 0 Å². The minimum atomic E-state index is -0.0162. The Balaban J connectivity index is 1.73.